The summed E-state index contributed by atoms with van der Waals surface area (Å²) in [6.45, 7) is 4.19. The lowest BCUT2D eigenvalue weighted by Gasteiger charge is -2.27. The number of rotatable bonds is 7. The summed E-state index contributed by atoms with van der Waals surface area (Å²) in [6, 6.07) is 12.1. The Hall–Kier alpha value is -2.14. The van der Waals surface area contributed by atoms with Gasteiger partial charge in [0.25, 0.3) is 0 Å². The van der Waals surface area contributed by atoms with Crippen LogP contribution in [-0.4, -0.2) is 27.8 Å². The van der Waals surface area contributed by atoms with Gasteiger partial charge < -0.3 is 5.32 Å². The van der Waals surface area contributed by atoms with Crippen molar-refractivity contribution in [1.29, 1.82) is 0 Å². The molecule has 0 radical (unpaired) electrons. The second kappa shape index (κ2) is 6.96. The fourth-order valence-electron chi connectivity index (χ4n) is 2.63. The van der Waals surface area contributed by atoms with Gasteiger partial charge in [-0.3, -0.25) is 14.8 Å². The number of nitrogens with zero attached hydrogens (tertiary/aromatic N) is 2. The molecule has 2 aromatic rings. The van der Waals surface area contributed by atoms with E-state index in [4.69, 9.17) is 0 Å². The predicted octanol–water partition coefficient (Wildman–Crippen LogP) is 2.44. The molecule has 3 rings (SSSR count). The highest BCUT2D eigenvalue weighted by Gasteiger charge is 2.30. The lowest BCUT2D eigenvalue weighted by atomic mass is 10.0. The number of amides is 1. The molecule has 1 aliphatic carbocycles. The molecule has 2 N–H and O–H groups in total. The Morgan fingerprint density at radius 2 is 1.96 bits per heavy atom. The van der Waals surface area contributed by atoms with E-state index in [2.05, 4.69) is 29.6 Å². The average Bonchev–Trinajstić information content (AvgIpc) is 3.21. The molecule has 0 aliphatic heterocycles. The van der Waals surface area contributed by atoms with Crippen LogP contribution in [0.4, 0.5) is 0 Å². The van der Waals surface area contributed by atoms with Gasteiger partial charge in [0.2, 0.25) is 5.91 Å². The van der Waals surface area contributed by atoms with Crippen molar-refractivity contribution in [2.24, 2.45) is 0 Å². The first kappa shape index (κ1) is 15.7. The Balaban J connectivity index is 1.73. The normalized spacial score (nSPS) is 18.2. The molecule has 5 nitrogen and oxygen atoms in total. The number of benzene rings is 1. The Kier molecular flexibility index (Phi) is 4.76. The van der Waals surface area contributed by atoms with Crippen molar-refractivity contribution in [3.05, 3.63) is 54.4 Å². The topological polar surface area (TPSA) is 59.0 Å². The van der Waals surface area contributed by atoms with Gasteiger partial charge in [0, 0.05) is 24.5 Å². The Morgan fingerprint density at radius 3 is 2.57 bits per heavy atom. The second-order valence-electron chi connectivity index (χ2n) is 6.31. The molecule has 122 valence electrons. The first-order chi connectivity index (χ1) is 11.1. The number of carbonyl (C=O) groups excluding carboxylic acids is 1. The van der Waals surface area contributed by atoms with Crippen LogP contribution in [-0.2, 0) is 4.79 Å². The van der Waals surface area contributed by atoms with Crippen LogP contribution in [0.1, 0.15) is 44.3 Å². The van der Waals surface area contributed by atoms with Gasteiger partial charge in [0.1, 0.15) is 6.04 Å². The summed E-state index contributed by atoms with van der Waals surface area (Å²) in [7, 11) is 0. The zero-order valence-electron chi connectivity index (χ0n) is 13.6. The summed E-state index contributed by atoms with van der Waals surface area (Å²) < 4.78 is 1.92. The van der Waals surface area contributed by atoms with Crippen LogP contribution < -0.4 is 10.6 Å². The summed E-state index contributed by atoms with van der Waals surface area (Å²) >= 11 is 0. The van der Waals surface area contributed by atoms with Gasteiger partial charge in [0.05, 0.1) is 6.04 Å². The minimum absolute atomic E-state index is 0.0539. The predicted molar refractivity (Wildman–Crippen MR) is 89.9 cm³/mol. The summed E-state index contributed by atoms with van der Waals surface area (Å²) in [5.41, 5.74) is 0.991. The van der Waals surface area contributed by atoms with Crippen molar-refractivity contribution >= 4 is 5.91 Å². The summed E-state index contributed by atoms with van der Waals surface area (Å²) in [4.78, 5) is 12.6. The van der Waals surface area contributed by atoms with E-state index in [1.54, 1.807) is 6.20 Å². The van der Waals surface area contributed by atoms with E-state index in [1.165, 1.54) is 0 Å². The third kappa shape index (κ3) is 3.99. The van der Waals surface area contributed by atoms with E-state index < -0.39 is 0 Å². The van der Waals surface area contributed by atoms with E-state index in [-0.39, 0.29) is 24.0 Å². The molecule has 1 amide bonds. The maximum atomic E-state index is 12.6. The third-order valence-electron chi connectivity index (χ3n) is 4.41. The molecule has 1 heterocycles. The zero-order valence-corrected chi connectivity index (χ0v) is 13.6. The van der Waals surface area contributed by atoms with Gasteiger partial charge in [-0.25, -0.2) is 0 Å². The van der Waals surface area contributed by atoms with E-state index in [0.717, 1.165) is 18.4 Å². The first-order valence-corrected chi connectivity index (χ1v) is 8.25. The maximum absolute atomic E-state index is 12.6. The number of carbonyl (C=O) groups is 1. The van der Waals surface area contributed by atoms with Crippen LogP contribution in [0.3, 0.4) is 0 Å². The average molecular weight is 312 g/mol. The molecule has 0 unspecified atom stereocenters. The number of hydrogen-bond acceptors (Lipinski definition) is 3. The molecule has 0 saturated heterocycles. The minimum atomic E-state index is -0.343. The van der Waals surface area contributed by atoms with Crippen LogP contribution in [0, 0.1) is 0 Å². The molecule has 1 aliphatic rings. The second-order valence-corrected chi connectivity index (χ2v) is 6.31. The molecule has 1 aromatic carbocycles. The zero-order chi connectivity index (χ0) is 16.2. The number of nitrogens with one attached hydrogen (secondary N) is 2. The van der Waals surface area contributed by atoms with Gasteiger partial charge >= 0.3 is 0 Å². The SMILES string of the molecule is C[C@H](N[C@@H](C(=O)NC1CC1)c1ccccc1)[C@@H](C)n1cccn1. The highest BCUT2D eigenvalue weighted by atomic mass is 16.2. The summed E-state index contributed by atoms with van der Waals surface area (Å²) in [5, 5.41) is 10.9. The molecule has 0 bridgehead atoms. The maximum Gasteiger partial charge on any atom is 0.241 e. The standard InChI is InChI=1S/C18H24N4O/c1-13(14(2)22-12-6-11-19-22)20-17(15-7-4-3-5-8-15)18(23)21-16-9-10-16/h3-8,11-14,16-17,20H,9-10H2,1-2H3,(H,21,23)/t13-,14+,17+/m0/s1. The quantitative estimate of drug-likeness (QED) is 0.825. The fraction of sp³-hybridized carbons (Fsp3) is 0.444. The molecule has 3 atom stereocenters. The van der Waals surface area contributed by atoms with E-state index in [1.807, 2.05) is 47.3 Å². The van der Waals surface area contributed by atoms with Crippen LogP contribution in [0.25, 0.3) is 0 Å². The molecule has 1 saturated carbocycles. The molecular weight excluding hydrogens is 288 g/mol. The van der Waals surface area contributed by atoms with Crippen LogP contribution in [0.2, 0.25) is 0 Å². The third-order valence-corrected chi connectivity index (χ3v) is 4.41. The largest absolute Gasteiger partial charge is 0.352 e. The van der Waals surface area contributed by atoms with Crippen molar-refractivity contribution in [2.75, 3.05) is 0 Å². The van der Waals surface area contributed by atoms with Gasteiger partial charge in [-0.05, 0) is 38.3 Å². The van der Waals surface area contributed by atoms with Gasteiger partial charge in [-0.15, -0.1) is 0 Å². The lowest BCUT2D eigenvalue weighted by Crippen LogP contribution is -2.44. The van der Waals surface area contributed by atoms with Crippen LogP contribution in [0.5, 0.6) is 0 Å². The van der Waals surface area contributed by atoms with Crippen molar-refractivity contribution in [3.63, 3.8) is 0 Å². The van der Waals surface area contributed by atoms with E-state index >= 15 is 0 Å². The molecular formula is C18H24N4O. The highest BCUT2D eigenvalue weighted by molar-refractivity contribution is 5.83. The van der Waals surface area contributed by atoms with Crippen molar-refractivity contribution in [3.8, 4) is 0 Å². The Labute approximate surface area is 137 Å². The van der Waals surface area contributed by atoms with E-state index in [9.17, 15) is 4.79 Å². The molecule has 0 spiro atoms. The van der Waals surface area contributed by atoms with E-state index in [0.29, 0.717) is 6.04 Å². The molecule has 23 heavy (non-hydrogen) atoms. The molecule has 1 aromatic heterocycles. The monoisotopic (exact) mass is 312 g/mol. The van der Waals surface area contributed by atoms with Crippen LogP contribution >= 0.6 is 0 Å². The number of hydrogen-bond donors (Lipinski definition) is 2. The summed E-state index contributed by atoms with van der Waals surface area (Å²) in [6.07, 6.45) is 5.90. The van der Waals surface area contributed by atoms with Crippen molar-refractivity contribution in [2.45, 2.75) is 50.9 Å². The summed E-state index contributed by atoms with van der Waals surface area (Å²) in [5.74, 6) is 0.0539. The van der Waals surface area contributed by atoms with Crippen molar-refractivity contribution in [1.82, 2.24) is 20.4 Å². The number of aromatic nitrogens is 2. The lowest BCUT2D eigenvalue weighted by molar-refractivity contribution is -0.123. The van der Waals surface area contributed by atoms with Crippen LogP contribution in [0.15, 0.2) is 48.8 Å². The minimum Gasteiger partial charge on any atom is -0.352 e. The van der Waals surface area contributed by atoms with Gasteiger partial charge in [-0.1, -0.05) is 30.3 Å². The highest BCUT2D eigenvalue weighted by Crippen LogP contribution is 2.22. The fourth-order valence-corrected chi connectivity index (χ4v) is 2.63. The van der Waals surface area contributed by atoms with Gasteiger partial charge in [-0.2, -0.15) is 5.10 Å². The van der Waals surface area contributed by atoms with Crippen molar-refractivity contribution < 1.29 is 4.79 Å². The molecule has 1 fully saturated rings. The smallest absolute Gasteiger partial charge is 0.241 e. The molecule has 5 heteroatoms. The van der Waals surface area contributed by atoms with Gasteiger partial charge in [0.15, 0.2) is 0 Å². The Morgan fingerprint density at radius 1 is 1.22 bits per heavy atom. The first-order valence-electron chi connectivity index (χ1n) is 8.25. The Bertz CT molecular complexity index is 622.